The molecule has 0 bridgehead atoms. The summed E-state index contributed by atoms with van der Waals surface area (Å²) >= 11 is 0. The number of rotatable bonds is 3. The molecular formula is C10H14N2O2. The molecule has 0 aliphatic heterocycles. The maximum Gasteiger partial charge on any atom is 0.331 e. The average Bonchev–Trinajstić information content (AvgIpc) is 2.28. The molecule has 1 aromatic rings. The van der Waals surface area contributed by atoms with Crippen LogP contribution in [0.5, 0.6) is 0 Å². The van der Waals surface area contributed by atoms with Crippen molar-refractivity contribution >= 4 is 5.97 Å². The molecule has 0 spiro atoms. The minimum absolute atomic E-state index is 0.0175. The SMILES string of the molecule is COC(=O)C(N)(CN)c1ccccc1. The molecule has 4 heteroatoms. The number of hydrogen-bond acceptors (Lipinski definition) is 4. The normalized spacial score (nSPS) is 14.5. The first kappa shape index (κ1) is 10.7. The van der Waals surface area contributed by atoms with Crippen molar-refractivity contribution < 1.29 is 9.53 Å². The summed E-state index contributed by atoms with van der Waals surface area (Å²) < 4.78 is 4.62. The van der Waals surface area contributed by atoms with E-state index in [0.717, 1.165) is 0 Å². The molecule has 0 radical (unpaired) electrons. The maximum atomic E-state index is 11.4. The van der Waals surface area contributed by atoms with Gasteiger partial charge in [0.15, 0.2) is 5.54 Å². The second kappa shape index (κ2) is 4.21. The summed E-state index contributed by atoms with van der Waals surface area (Å²) in [7, 11) is 1.29. The fourth-order valence-electron chi connectivity index (χ4n) is 1.24. The van der Waals surface area contributed by atoms with E-state index in [1.165, 1.54) is 7.11 Å². The van der Waals surface area contributed by atoms with Crippen molar-refractivity contribution in [3.05, 3.63) is 35.9 Å². The van der Waals surface area contributed by atoms with E-state index in [9.17, 15) is 4.79 Å². The lowest BCUT2D eigenvalue weighted by Crippen LogP contribution is -2.51. The predicted octanol–water partition coefficient (Wildman–Crippen LogP) is -0.0277. The Kier molecular flexibility index (Phi) is 3.22. The van der Waals surface area contributed by atoms with Gasteiger partial charge in [0.05, 0.1) is 7.11 Å². The molecule has 0 aliphatic rings. The number of esters is 1. The second-order valence-electron chi connectivity index (χ2n) is 3.03. The number of nitrogens with two attached hydrogens (primary N) is 2. The maximum absolute atomic E-state index is 11.4. The van der Waals surface area contributed by atoms with Crippen LogP contribution in [0, 0.1) is 0 Å². The van der Waals surface area contributed by atoms with Gasteiger partial charge in [-0.2, -0.15) is 0 Å². The summed E-state index contributed by atoms with van der Waals surface area (Å²) in [5, 5.41) is 0. The van der Waals surface area contributed by atoms with Crippen LogP contribution in [0.3, 0.4) is 0 Å². The molecule has 4 N–H and O–H groups in total. The fourth-order valence-corrected chi connectivity index (χ4v) is 1.24. The standard InChI is InChI=1S/C10H14N2O2/c1-14-9(13)10(12,7-11)8-5-3-2-4-6-8/h2-6H,7,11-12H2,1H3. The lowest BCUT2D eigenvalue weighted by atomic mass is 9.91. The van der Waals surface area contributed by atoms with Crippen LogP contribution in [0.4, 0.5) is 0 Å². The zero-order chi connectivity index (χ0) is 10.6. The summed E-state index contributed by atoms with van der Waals surface area (Å²) in [5.74, 6) is -0.522. The van der Waals surface area contributed by atoms with Crippen LogP contribution in [0.25, 0.3) is 0 Å². The van der Waals surface area contributed by atoms with E-state index in [2.05, 4.69) is 4.74 Å². The smallest absolute Gasteiger partial charge is 0.331 e. The summed E-state index contributed by atoms with van der Waals surface area (Å²) in [6.45, 7) is 0.0175. The van der Waals surface area contributed by atoms with Crippen LogP contribution in [-0.4, -0.2) is 19.6 Å². The largest absolute Gasteiger partial charge is 0.467 e. The summed E-state index contributed by atoms with van der Waals surface area (Å²) in [4.78, 5) is 11.4. The zero-order valence-corrected chi connectivity index (χ0v) is 8.07. The molecule has 0 fully saturated rings. The first-order valence-electron chi connectivity index (χ1n) is 4.28. The summed E-state index contributed by atoms with van der Waals surface area (Å²) in [6, 6.07) is 8.95. The van der Waals surface area contributed by atoms with Crippen molar-refractivity contribution in [2.24, 2.45) is 11.5 Å². The van der Waals surface area contributed by atoms with Crippen molar-refractivity contribution in [2.75, 3.05) is 13.7 Å². The van der Waals surface area contributed by atoms with Gasteiger partial charge in [0, 0.05) is 6.54 Å². The van der Waals surface area contributed by atoms with Gasteiger partial charge < -0.3 is 16.2 Å². The van der Waals surface area contributed by atoms with Crippen LogP contribution >= 0.6 is 0 Å². The highest BCUT2D eigenvalue weighted by Gasteiger charge is 2.35. The quantitative estimate of drug-likeness (QED) is 0.662. The molecule has 0 saturated carbocycles. The molecule has 0 amide bonds. The molecule has 14 heavy (non-hydrogen) atoms. The molecule has 0 heterocycles. The highest BCUT2D eigenvalue weighted by molar-refractivity contribution is 5.82. The Balaban J connectivity index is 3.08. The number of methoxy groups -OCH3 is 1. The van der Waals surface area contributed by atoms with E-state index in [1.807, 2.05) is 6.07 Å². The van der Waals surface area contributed by atoms with E-state index in [4.69, 9.17) is 11.5 Å². The van der Waals surface area contributed by atoms with Gasteiger partial charge in [-0.1, -0.05) is 30.3 Å². The van der Waals surface area contributed by atoms with Crippen molar-refractivity contribution in [2.45, 2.75) is 5.54 Å². The molecule has 1 rings (SSSR count). The van der Waals surface area contributed by atoms with Gasteiger partial charge in [0.25, 0.3) is 0 Å². The highest BCUT2D eigenvalue weighted by Crippen LogP contribution is 2.17. The molecule has 76 valence electrons. The molecule has 1 atom stereocenters. The Morgan fingerprint density at radius 2 is 2.00 bits per heavy atom. The van der Waals surface area contributed by atoms with Gasteiger partial charge in [-0.15, -0.1) is 0 Å². The van der Waals surface area contributed by atoms with Crippen molar-refractivity contribution in [1.82, 2.24) is 0 Å². The predicted molar refractivity (Wildman–Crippen MR) is 53.4 cm³/mol. The first-order chi connectivity index (χ1) is 6.65. The van der Waals surface area contributed by atoms with Crippen LogP contribution in [0.1, 0.15) is 5.56 Å². The fraction of sp³-hybridized carbons (Fsp3) is 0.300. The molecule has 4 nitrogen and oxygen atoms in total. The number of ether oxygens (including phenoxy) is 1. The molecule has 1 unspecified atom stereocenters. The van der Waals surface area contributed by atoms with E-state index in [1.54, 1.807) is 24.3 Å². The van der Waals surface area contributed by atoms with Crippen LogP contribution in [0.15, 0.2) is 30.3 Å². The Hall–Kier alpha value is -1.39. The van der Waals surface area contributed by atoms with Gasteiger partial charge in [0.2, 0.25) is 0 Å². The minimum atomic E-state index is -1.24. The van der Waals surface area contributed by atoms with Crippen LogP contribution in [0.2, 0.25) is 0 Å². The Morgan fingerprint density at radius 1 is 1.43 bits per heavy atom. The Bertz CT molecular complexity index is 313. The van der Waals surface area contributed by atoms with Crippen molar-refractivity contribution in [3.63, 3.8) is 0 Å². The van der Waals surface area contributed by atoms with E-state index < -0.39 is 11.5 Å². The number of carbonyl (C=O) groups excluding carboxylic acids is 1. The highest BCUT2D eigenvalue weighted by atomic mass is 16.5. The van der Waals surface area contributed by atoms with Crippen LogP contribution < -0.4 is 11.5 Å². The zero-order valence-electron chi connectivity index (χ0n) is 8.07. The van der Waals surface area contributed by atoms with Crippen molar-refractivity contribution in [1.29, 1.82) is 0 Å². The van der Waals surface area contributed by atoms with E-state index in [0.29, 0.717) is 5.56 Å². The van der Waals surface area contributed by atoms with Crippen LogP contribution in [-0.2, 0) is 15.1 Å². The monoisotopic (exact) mass is 194 g/mol. The van der Waals surface area contributed by atoms with Gasteiger partial charge in [-0.05, 0) is 5.56 Å². The molecule has 1 aromatic carbocycles. The topological polar surface area (TPSA) is 78.3 Å². The van der Waals surface area contributed by atoms with E-state index in [-0.39, 0.29) is 6.54 Å². The number of benzene rings is 1. The molecule has 0 aromatic heterocycles. The van der Waals surface area contributed by atoms with Gasteiger partial charge in [-0.25, -0.2) is 4.79 Å². The summed E-state index contributed by atoms with van der Waals surface area (Å²) in [6.07, 6.45) is 0. The van der Waals surface area contributed by atoms with Gasteiger partial charge in [-0.3, -0.25) is 0 Å². The summed E-state index contributed by atoms with van der Waals surface area (Å²) in [5.41, 5.74) is 10.8. The second-order valence-corrected chi connectivity index (χ2v) is 3.03. The minimum Gasteiger partial charge on any atom is -0.467 e. The third kappa shape index (κ3) is 1.76. The third-order valence-corrected chi connectivity index (χ3v) is 2.16. The third-order valence-electron chi connectivity index (χ3n) is 2.16. The molecule has 0 aliphatic carbocycles. The van der Waals surface area contributed by atoms with Gasteiger partial charge in [0.1, 0.15) is 0 Å². The molecule has 0 saturated heterocycles. The lowest BCUT2D eigenvalue weighted by Gasteiger charge is -2.24. The average molecular weight is 194 g/mol. The molecular weight excluding hydrogens is 180 g/mol. The Morgan fingerprint density at radius 3 is 2.43 bits per heavy atom. The Labute approximate surface area is 82.8 Å². The van der Waals surface area contributed by atoms with E-state index >= 15 is 0 Å². The van der Waals surface area contributed by atoms with Crippen molar-refractivity contribution in [3.8, 4) is 0 Å². The van der Waals surface area contributed by atoms with Gasteiger partial charge >= 0.3 is 5.97 Å². The number of hydrogen-bond donors (Lipinski definition) is 2. The first-order valence-corrected chi connectivity index (χ1v) is 4.28. The number of carbonyl (C=O) groups is 1. The lowest BCUT2D eigenvalue weighted by molar-refractivity contribution is -0.147.